The molecule has 2 N–H and O–H groups in total. The van der Waals surface area contributed by atoms with Crippen molar-refractivity contribution in [2.75, 3.05) is 13.1 Å². The second kappa shape index (κ2) is 9.39. The van der Waals surface area contributed by atoms with E-state index < -0.39 is 0 Å². The number of halogens is 1. The summed E-state index contributed by atoms with van der Waals surface area (Å²) >= 11 is 0. The van der Waals surface area contributed by atoms with Crippen LogP contribution in [0.2, 0.25) is 0 Å². The summed E-state index contributed by atoms with van der Waals surface area (Å²) in [5.41, 5.74) is 2.65. The first kappa shape index (κ1) is 20.7. The summed E-state index contributed by atoms with van der Waals surface area (Å²) in [6.07, 6.45) is 2.45. The van der Waals surface area contributed by atoms with E-state index in [1.54, 1.807) is 0 Å². The molecule has 1 aliphatic carbocycles. The Morgan fingerprint density at radius 3 is 2.54 bits per heavy atom. The Kier molecular flexibility index (Phi) is 7.49. The zero-order chi connectivity index (χ0) is 17.7. The standard InChI is InChI=1S/C20H28N4O.HI/c1-4-21-19(22-13-17-12-18(15(2)3)24-25-17)23-14-20(10-11-20)16-8-6-5-7-9-16;/h5-9,12,15H,4,10-11,13-14H2,1-3H3,(H2,21,22,23);1H. The zero-order valence-corrected chi connectivity index (χ0v) is 18.1. The fourth-order valence-corrected chi connectivity index (χ4v) is 2.94. The molecule has 142 valence electrons. The molecule has 1 aromatic heterocycles. The first-order chi connectivity index (χ1) is 12.1. The number of guanidine groups is 1. The number of aliphatic imine (C=N–C) groups is 1. The van der Waals surface area contributed by atoms with Crippen molar-refractivity contribution in [1.29, 1.82) is 0 Å². The van der Waals surface area contributed by atoms with Crippen molar-refractivity contribution in [3.63, 3.8) is 0 Å². The van der Waals surface area contributed by atoms with Gasteiger partial charge in [-0.2, -0.15) is 0 Å². The maximum Gasteiger partial charge on any atom is 0.191 e. The summed E-state index contributed by atoms with van der Waals surface area (Å²) in [4.78, 5) is 4.64. The Morgan fingerprint density at radius 2 is 1.96 bits per heavy atom. The van der Waals surface area contributed by atoms with Crippen molar-refractivity contribution in [1.82, 2.24) is 15.8 Å². The van der Waals surface area contributed by atoms with Gasteiger partial charge in [-0.3, -0.25) is 0 Å². The molecule has 1 aromatic carbocycles. The normalized spacial score (nSPS) is 15.5. The quantitative estimate of drug-likeness (QED) is 0.363. The van der Waals surface area contributed by atoms with Gasteiger partial charge < -0.3 is 15.2 Å². The lowest BCUT2D eigenvalue weighted by molar-refractivity contribution is 0.376. The number of rotatable bonds is 7. The number of hydrogen-bond acceptors (Lipinski definition) is 3. The van der Waals surface area contributed by atoms with Crippen LogP contribution in [0.4, 0.5) is 0 Å². The molecule has 1 saturated carbocycles. The van der Waals surface area contributed by atoms with Crippen molar-refractivity contribution in [3.8, 4) is 0 Å². The number of aromatic nitrogens is 1. The van der Waals surface area contributed by atoms with Gasteiger partial charge in [-0.1, -0.05) is 49.3 Å². The van der Waals surface area contributed by atoms with Gasteiger partial charge >= 0.3 is 0 Å². The van der Waals surface area contributed by atoms with E-state index >= 15 is 0 Å². The number of nitrogens with one attached hydrogen (secondary N) is 2. The second-order valence-electron chi connectivity index (χ2n) is 7.07. The third kappa shape index (κ3) is 5.22. The highest BCUT2D eigenvalue weighted by Crippen LogP contribution is 2.47. The van der Waals surface area contributed by atoms with Crippen LogP contribution in [0.1, 0.15) is 56.5 Å². The van der Waals surface area contributed by atoms with Crippen LogP contribution in [0.25, 0.3) is 0 Å². The van der Waals surface area contributed by atoms with E-state index in [4.69, 9.17) is 4.52 Å². The van der Waals surface area contributed by atoms with Gasteiger partial charge in [-0.15, -0.1) is 24.0 Å². The van der Waals surface area contributed by atoms with Gasteiger partial charge in [0.25, 0.3) is 0 Å². The molecule has 2 aromatic rings. The molecular weight excluding hydrogens is 439 g/mol. The monoisotopic (exact) mass is 468 g/mol. The van der Waals surface area contributed by atoms with Crippen molar-refractivity contribution in [2.24, 2.45) is 4.99 Å². The molecule has 0 amide bonds. The Labute approximate surface area is 173 Å². The first-order valence-electron chi connectivity index (χ1n) is 9.16. The summed E-state index contributed by atoms with van der Waals surface area (Å²) in [6, 6.07) is 12.7. The van der Waals surface area contributed by atoms with E-state index in [1.165, 1.54) is 18.4 Å². The lowest BCUT2D eigenvalue weighted by Crippen LogP contribution is -2.41. The van der Waals surface area contributed by atoms with Crippen molar-refractivity contribution in [3.05, 3.63) is 53.4 Å². The fraction of sp³-hybridized carbons (Fsp3) is 0.500. The zero-order valence-electron chi connectivity index (χ0n) is 15.8. The predicted octanol–water partition coefficient (Wildman–Crippen LogP) is 4.20. The van der Waals surface area contributed by atoms with Crippen LogP contribution in [-0.4, -0.2) is 24.2 Å². The molecule has 0 aliphatic heterocycles. The maximum absolute atomic E-state index is 5.37. The summed E-state index contributed by atoms with van der Waals surface area (Å²) in [5, 5.41) is 10.9. The van der Waals surface area contributed by atoms with E-state index in [9.17, 15) is 0 Å². The highest BCUT2D eigenvalue weighted by molar-refractivity contribution is 14.0. The molecule has 0 bridgehead atoms. The van der Waals surface area contributed by atoms with Crippen LogP contribution >= 0.6 is 24.0 Å². The van der Waals surface area contributed by atoms with Crippen LogP contribution in [-0.2, 0) is 12.0 Å². The van der Waals surface area contributed by atoms with E-state index in [0.717, 1.165) is 30.5 Å². The lowest BCUT2D eigenvalue weighted by Gasteiger charge is -2.18. The molecule has 0 saturated heterocycles. The van der Waals surface area contributed by atoms with Crippen LogP contribution in [0, 0.1) is 0 Å². The Balaban J connectivity index is 0.00000243. The van der Waals surface area contributed by atoms with Crippen LogP contribution in [0.15, 0.2) is 45.9 Å². The van der Waals surface area contributed by atoms with Gasteiger partial charge in [0, 0.05) is 24.6 Å². The van der Waals surface area contributed by atoms with E-state index in [0.29, 0.717) is 12.5 Å². The molecule has 0 unspecified atom stereocenters. The summed E-state index contributed by atoms with van der Waals surface area (Å²) in [7, 11) is 0. The van der Waals surface area contributed by atoms with Gasteiger partial charge in [0.15, 0.2) is 11.7 Å². The first-order valence-corrected chi connectivity index (χ1v) is 9.16. The Bertz CT molecular complexity index is 708. The summed E-state index contributed by atoms with van der Waals surface area (Å²) in [5.74, 6) is 1.99. The average molecular weight is 468 g/mol. The SMILES string of the molecule is CCNC(=NCc1cc(C(C)C)no1)NCC1(c2ccccc2)CC1.I. The summed E-state index contributed by atoms with van der Waals surface area (Å²) < 4.78 is 5.37. The highest BCUT2D eigenvalue weighted by atomic mass is 127. The molecule has 1 heterocycles. The maximum atomic E-state index is 5.37. The van der Waals surface area contributed by atoms with Crippen LogP contribution < -0.4 is 10.6 Å². The smallest absolute Gasteiger partial charge is 0.191 e. The minimum Gasteiger partial charge on any atom is -0.359 e. The van der Waals surface area contributed by atoms with Crippen molar-refractivity contribution < 1.29 is 4.52 Å². The molecule has 0 atom stereocenters. The Hall–Kier alpha value is -1.57. The van der Waals surface area contributed by atoms with Gasteiger partial charge in [0.2, 0.25) is 0 Å². The number of hydrogen-bond donors (Lipinski definition) is 2. The second-order valence-corrected chi connectivity index (χ2v) is 7.07. The van der Waals surface area contributed by atoms with Crippen LogP contribution in [0.5, 0.6) is 0 Å². The molecule has 6 heteroatoms. The molecule has 1 aliphatic rings. The molecule has 0 radical (unpaired) electrons. The fourth-order valence-electron chi connectivity index (χ4n) is 2.94. The van der Waals surface area contributed by atoms with Crippen molar-refractivity contribution >= 4 is 29.9 Å². The third-order valence-corrected chi connectivity index (χ3v) is 4.74. The largest absolute Gasteiger partial charge is 0.359 e. The molecule has 26 heavy (non-hydrogen) atoms. The molecule has 5 nitrogen and oxygen atoms in total. The highest BCUT2D eigenvalue weighted by Gasteiger charge is 2.43. The third-order valence-electron chi connectivity index (χ3n) is 4.74. The molecule has 3 rings (SSSR count). The number of benzene rings is 1. The predicted molar refractivity (Wildman–Crippen MR) is 116 cm³/mol. The molecule has 0 spiro atoms. The Morgan fingerprint density at radius 1 is 1.23 bits per heavy atom. The molecule has 1 fully saturated rings. The average Bonchev–Trinajstić information content (AvgIpc) is 3.27. The van der Waals surface area contributed by atoms with E-state index in [-0.39, 0.29) is 29.4 Å². The van der Waals surface area contributed by atoms with Crippen molar-refractivity contribution in [2.45, 2.75) is 51.5 Å². The van der Waals surface area contributed by atoms with Gasteiger partial charge in [0.05, 0.1) is 5.69 Å². The van der Waals surface area contributed by atoms with Gasteiger partial charge in [-0.05, 0) is 31.2 Å². The van der Waals surface area contributed by atoms with Gasteiger partial charge in [0.1, 0.15) is 6.54 Å². The van der Waals surface area contributed by atoms with Crippen LogP contribution in [0.3, 0.4) is 0 Å². The number of nitrogens with zero attached hydrogens (tertiary/aromatic N) is 2. The lowest BCUT2D eigenvalue weighted by atomic mass is 9.96. The minimum atomic E-state index is 0. The molecular formula is C20H29IN4O. The van der Waals surface area contributed by atoms with Gasteiger partial charge in [-0.25, -0.2) is 4.99 Å². The van der Waals surface area contributed by atoms with E-state index in [1.807, 2.05) is 6.07 Å². The van der Waals surface area contributed by atoms with E-state index in [2.05, 4.69) is 71.9 Å². The summed E-state index contributed by atoms with van der Waals surface area (Å²) in [6.45, 7) is 8.51. The minimum absolute atomic E-state index is 0. The topological polar surface area (TPSA) is 62.5 Å².